The number of carbonyl (C=O) groups excluding carboxylic acids is 2. The third kappa shape index (κ3) is 6.03. The maximum Gasteiger partial charge on any atom is 0.419 e. The maximum absolute atomic E-state index is 13.3. The van der Waals surface area contributed by atoms with Gasteiger partial charge >= 0.3 is 12.3 Å². The molecule has 1 aromatic rings. The van der Waals surface area contributed by atoms with Crippen molar-refractivity contribution >= 4 is 17.7 Å². The van der Waals surface area contributed by atoms with Gasteiger partial charge in [0.25, 0.3) is 0 Å². The number of benzene rings is 1. The van der Waals surface area contributed by atoms with Crippen LogP contribution in [0.1, 0.15) is 46.1 Å². The first-order chi connectivity index (χ1) is 12.9. The van der Waals surface area contributed by atoms with Crippen LogP contribution >= 0.6 is 0 Å². The topological polar surface area (TPSA) is 67.9 Å². The van der Waals surface area contributed by atoms with Crippen molar-refractivity contribution in [3.05, 3.63) is 23.8 Å². The predicted octanol–water partition coefficient (Wildman–Crippen LogP) is 4.44. The average Bonchev–Trinajstić information content (AvgIpc) is 2.98. The van der Waals surface area contributed by atoms with E-state index in [1.54, 1.807) is 20.8 Å². The molecule has 1 fully saturated rings. The molecule has 1 atom stereocenters. The summed E-state index contributed by atoms with van der Waals surface area (Å²) in [6.45, 7) is 6.85. The van der Waals surface area contributed by atoms with E-state index in [0.29, 0.717) is 19.4 Å². The van der Waals surface area contributed by atoms with E-state index in [0.717, 1.165) is 12.1 Å². The number of amides is 2. The van der Waals surface area contributed by atoms with Crippen LogP contribution in [0.2, 0.25) is 0 Å². The zero-order chi connectivity index (χ0) is 21.1. The molecule has 1 aliphatic heterocycles. The number of halogens is 3. The molecule has 6 nitrogen and oxygen atoms in total. The smallest absolute Gasteiger partial charge is 0.419 e. The van der Waals surface area contributed by atoms with Crippen LogP contribution in [-0.4, -0.2) is 41.7 Å². The van der Waals surface area contributed by atoms with Gasteiger partial charge in [-0.05, 0) is 45.7 Å². The highest BCUT2D eigenvalue weighted by Gasteiger charge is 2.36. The molecule has 1 N–H and O–H groups in total. The first-order valence-corrected chi connectivity index (χ1v) is 8.98. The number of anilines is 1. The van der Waals surface area contributed by atoms with E-state index in [2.05, 4.69) is 5.32 Å². The summed E-state index contributed by atoms with van der Waals surface area (Å²) in [5.41, 5.74) is -1.41. The van der Waals surface area contributed by atoms with Gasteiger partial charge in [-0.1, -0.05) is 0 Å². The van der Waals surface area contributed by atoms with Crippen molar-refractivity contribution in [2.45, 2.75) is 58.4 Å². The van der Waals surface area contributed by atoms with Crippen molar-refractivity contribution in [1.29, 1.82) is 0 Å². The fourth-order valence-corrected chi connectivity index (χ4v) is 2.91. The van der Waals surface area contributed by atoms with Crippen LogP contribution in [0.25, 0.3) is 0 Å². The number of rotatable bonds is 4. The van der Waals surface area contributed by atoms with Crippen molar-refractivity contribution in [2.24, 2.45) is 0 Å². The Morgan fingerprint density at radius 3 is 2.50 bits per heavy atom. The number of alkyl halides is 3. The van der Waals surface area contributed by atoms with Crippen LogP contribution in [0.4, 0.5) is 23.7 Å². The molecule has 0 unspecified atom stereocenters. The third-order valence-corrected chi connectivity index (χ3v) is 4.04. The number of hydrogen-bond donors (Lipinski definition) is 1. The van der Waals surface area contributed by atoms with Gasteiger partial charge in [-0.15, -0.1) is 0 Å². The van der Waals surface area contributed by atoms with Crippen molar-refractivity contribution in [3.63, 3.8) is 0 Å². The second-order valence-electron chi connectivity index (χ2n) is 7.67. The first-order valence-electron chi connectivity index (χ1n) is 8.98. The fraction of sp³-hybridized carbons (Fsp3) is 0.579. The van der Waals surface area contributed by atoms with Crippen LogP contribution in [0.5, 0.6) is 5.75 Å². The zero-order valence-electron chi connectivity index (χ0n) is 16.4. The minimum atomic E-state index is -4.61. The Labute approximate surface area is 162 Å². The molecule has 2 amide bonds. The van der Waals surface area contributed by atoms with Gasteiger partial charge in [0.05, 0.1) is 11.6 Å². The fourth-order valence-electron chi connectivity index (χ4n) is 2.91. The molecule has 0 bridgehead atoms. The first kappa shape index (κ1) is 21.8. The zero-order valence-corrected chi connectivity index (χ0v) is 16.4. The second kappa shape index (κ2) is 8.28. The molecule has 0 saturated carbocycles. The monoisotopic (exact) mass is 402 g/mol. The lowest BCUT2D eigenvalue weighted by atomic mass is 10.1. The lowest BCUT2D eigenvalue weighted by Gasteiger charge is -2.28. The van der Waals surface area contributed by atoms with Crippen LogP contribution in [0.3, 0.4) is 0 Å². The van der Waals surface area contributed by atoms with Gasteiger partial charge in [-0.2, -0.15) is 13.2 Å². The van der Waals surface area contributed by atoms with E-state index >= 15 is 0 Å². The lowest BCUT2D eigenvalue weighted by Crippen LogP contribution is -2.42. The largest absolute Gasteiger partial charge is 0.491 e. The quantitative estimate of drug-likeness (QED) is 0.808. The number of ether oxygens (including phenoxy) is 2. The molecule has 0 spiro atoms. The predicted molar refractivity (Wildman–Crippen MR) is 97.2 cm³/mol. The van der Waals surface area contributed by atoms with Crippen molar-refractivity contribution in [3.8, 4) is 5.75 Å². The second-order valence-corrected chi connectivity index (χ2v) is 7.67. The Hall–Kier alpha value is -2.45. The number of carbonyl (C=O) groups is 2. The average molecular weight is 402 g/mol. The van der Waals surface area contributed by atoms with Gasteiger partial charge < -0.3 is 19.7 Å². The molecule has 156 valence electrons. The van der Waals surface area contributed by atoms with Crippen LogP contribution < -0.4 is 10.1 Å². The summed E-state index contributed by atoms with van der Waals surface area (Å²) in [5.74, 6) is -0.799. The number of nitrogens with zero attached hydrogens (tertiary/aromatic N) is 1. The Kier molecular flexibility index (Phi) is 6.46. The normalized spacial score (nSPS) is 17.4. The number of likely N-dealkylation sites (tertiary alicyclic amines) is 1. The minimum absolute atomic E-state index is 0.105. The van der Waals surface area contributed by atoms with Gasteiger partial charge in [-0.3, -0.25) is 4.79 Å². The molecule has 1 saturated heterocycles. The molecule has 0 aromatic heterocycles. The third-order valence-electron chi connectivity index (χ3n) is 4.04. The van der Waals surface area contributed by atoms with E-state index in [4.69, 9.17) is 9.47 Å². The molecular formula is C19H25F3N2O4. The van der Waals surface area contributed by atoms with Crippen molar-refractivity contribution in [2.75, 3.05) is 18.5 Å². The van der Waals surface area contributed by atoms with Crippen molar-refractivity contribution in [1.82, 2.24) is 4.90 Å². The summed E-state index contributed by atoms with van der Waals surface area (Å²) in [6, 6.07) is 2.78. The van der Waals surface area contributed by atoms with E-state index < -0.39 is 35.1 Å². The van der Waals surface area contributed by atoms with Crippen molar-refractivity contribution < 1.29 is 32.2 Å². The SMILES string of the molecule is CC(=O)Nc1ccc(C(F)(F)F)c(OC[C@H]2CCCN2C(=O)OC(C)(C)C)c1. The van der Waals surface area contributed by atoms with Crippen LogP contribution in [0, 0.1) is 0 Å². The summed E-state index contributed by atoms with van der Waals surface area (Å²) in [4.78, 5) is 25.0. The summed E-state index contributed by atoms with van der Waals surface area (Å²) in [6.07, 6.45) is -3.80. The summed E-state index contributed by atoms with van der Waals surface area (Å²) in [5, 5.41) is 2.43. The molecule has 1 aromatic carbocycles. The number of hydrogen-bond acceptors (Lipinski definition) is 4. The van der Waals surface area contributed by atoms with Gasteiger partial charge in [0.1, 0.15) is 18.0 Å². The Morgan fingerprint density at radius 1 is 1.25 bits per heavy atom. The highest BCUT2D eigenvalue weighted by molar-refractivity contribution is 5.88. The highest BCUT2D eigenvalue weighted by atomic mass is 19.4. The molecule has 9 heteroatoms. The molecule has 0 radical (unpaired) electrons. The Balaban J connectivity index is 2.15. The lowest BCUT2D eigenvalue weighted by molar-refractivity contribution is -0.139. The molecule has 1 heterocycles. The highest BCUT2D eigenvalue weighted by Crippen LogP contribution is 2.38. The Bertz CT molecular complexity index is 729. The van der Waals surface area contributed by atoms with Crippen LogP contribution in [-0.2, 0) is 15.7 Å². The van der Waals surface area contributed by atoms with Gasteiger partial charge in [0.15, 0.2) is 0 Å². The molecule has 28 heavy (non-hydrogen) atoms. The summed E-state index contributed by atoms with van der Waals surface area (Å²) in [7, 11) is 0. The molecule has 0 aliphatic carbocycles. The minimum Gasteiger partial charge on any atom is -0.491 e. The number of nitrogens with one attached hydrogen (secondary N) is 1. The Morgan fingerprint density at radius 2 is 1.93 bits per heavy atom. The van der Waals surface area contributed by atoms with Gasteiger partial charge in [0, 0.05) is 25.2 Å². The van der Waals surface area contributed by atoms with E-state index in [-0.39, 0.29) is 18.3 Å². The van der Waals surface area contributed by atoms with Crippen LogP contribution in [0.15, 0.2) is 18.2 Å². The van der Waals surface area contributed by atoms with Gasteiger partial charge in [0.2, 0.25) is 5.91 Å². The molecule has 2 rings (SSSR count). The van der Waals surface area contributed by atoms with E-state index in [9.17, 15) is 22.8 Å². The van der Waals surface area contributed by atoms with Gasteiger partial charge in [-0.25, -0.2) is 4.79 Å². The standard InChI is InChI=1S/C19H25F3N2O4/c1-12(25)23-13-7-8-15(19(20,21)22)16(10-13)27-11-14-6-5-9-24(14)17(26)28-18(2,3)4/h7-8,10,14H,5-6,9,11H2,1-4H3,(H,23,25)/t14-/m1/s1. The maximum atomic E-state index is 13.3. The summed E-state index contributed by atoms with van der Waals surface area (Å²) < 4.78 is 50.7. The van der Waals surface area contributed by atoms with E-state index in [1.165, 1.54) is 17.9 Å². The van der Waals surface area contributed by atoms with E-state index in [1.807, 2.05) is 0 Å². The molecular weight excluding hydrogens is 377 g/mol. The summed E-state index contributed by atoms with van der Waals surface area (Å²) >= 11 is 0. The molecule has 1 aliphatic rings.